The number of nitrogens with one attached hydrogen (secondary N) is 1. The van der Waals surface area contributed by atoms with Crippen molar-refractivity contribution in [1.29, 1.82) is 0 Å². The summed E-state index contributed by atoms with van der Waals surface area (Å²) in [5.74, 6) is 0.363. The molecule has 0 bridgehead atoms. The number of halogens is 1. The third kappa shape index (κ3) is 4.28. The smallest absolute Gasteiger partial charge is 0.409 e. The Morgan fingerprint density at radius 2 is 1.72 bits per heavy atom. The zero-order valence-electron chi connectivity index (χ0n) is 13.2. The number of aromatic nitrogens is 1. The minimum Gasteiger partial charge on any atom is -0.411 e. The number of aromatic amines is 1. The van der Waals surface area contributed by atoms with E-state index in [0.29, 0.717) is 22.8 Å². The van der Waals surface area contributed by atoms with Crippen molar-refractivity contribution in [3.63, 3.8) is 0 Å². The maximum absolute atomic E-state index is 12.1. The fourth-order valence-corrected chi connectivity index (χ4v) is 2.61. The number of carbonyl (C=O) groups excluding carboxylic acids is 1. The summed E-state index contributed by atoms with van der Waals surface area (Å²) in [6.45, 7) is 0. The number of ether oxygens (including phenoxy) is 1. The van der Waals surface area contributed by atoms with Crippen LogP contribution in [-0.4, -0.2) is 11.1 Å². The maximum Gasteiger partial charge on any atom is 0.409 e. The van der Waals surface area contributed by atoms with Crippen molar-refractivity contribution in [2.75, 3.05) is 0 Å². The summed E-state index contributed by atoms with van der Waals surface area (Å²) in [4.78, 5) is 25.6. The molecule has 0 aliphatic rings. The highest BCUT2D eigenvalue weighted by Crippen LogP contribution is 2.22. The first-order valence-electron chi connectivity index (χ1n) is 7.55. The molecule has 25 heavy (non-hydrogen) atoms. The van der Waals surface area contributed by atoms with Crippen molar-refractivity contribution >= 4 is 17.7 Å². The second kappa shape index (κ2) is 7.23. The number of amides is 1. The number of H-pyrrole nitrogens is 1. The molecule has 3 aromatic rings. The lowest BCUT2D eigenvalue weighted by molar-refractivity contribution is 0.211. The molecule has 6 heteroatoms. The SMILES string of the molecule is NC(=O)Oc1ccc(-c2c[nH]c(=O)c(Cc3ccc(Cl)cc3)c2)cc1. The number of pyridine rings is 1. The predicted molar refractivity (Wildman–Crippen MR) is 97.0 cm³/mol. The number of hydrogen-bond donors (Lipinski definition) is 2. The number of benzene rings is 2. The van der Waals surface area contributed by atoms with Crippen molar-refractivity contribution in [2.45, 2.75) is 6.42 Å². The summed E-state index contributed by atoms with van der Waals surface area (Å²) in [7, 11) is 0. The molecule has 3 rings (SSSR count). The van der Waals surface area contributed by atoms with E-state index in [1.165, 1.54) is 0 Å². The molecule has 0 fully saturated rings. The number of hydrogen-bond acceptors (Lipinski definition) is 3. The van der Waals surface area contributed by atoms with Gasteiger partial charge in [0.25, 0.3) is 5.56 Å². The van der Waals surface area contributed by atoms with Crippen molar-refractivity contribution in [1.82, 2.24) is 4.98 Å². The van der Waals surface area contributed by atoms with Crippen LogP contribution in [0.25, 0.3) is 11.1 Å². The largest absolute Gasteiger partial charge is 0.411 e. The van der Waals surface area contributed by atoms with Gasteiger partial charge in [-0.15, -0.1) is 0 Å². The van der Waals surface area contributed by atoms with Gasteiger partial charge in [-0.1, -0.05) is 35.9 Å². The van der Waals surface area contributed by atoms with Gasteiger partial charge >= 0.3 is 6.09 Å². The molecule has 2 aromatic carbocycles. The Morgan fingerprint density at radius 3 is 2.36 bits per heavy atom. The van der Waals surface area contributed by atoms with Gasteiger partial charge in [0.2, 0.25) is 0 Å². The van der Waals surface area contributed by atoms with Crippen LogP contribution in [0.5, 0.6) is 5.75 Å². The lowest BCUT2D eigenvalue weighted by Gasteiger charge is -2.07. The fourth-order valence-electron chi connectivity index (χ4n) is 2.48. The van der Waals surface area contributed by atoms with E-state index >= 15 is 0 Å². The van der Waals surface area contributed by atoms with Crippen LogP contribution in [0.2, 0.25) is 5.02 Å². The van der Waals surface area contributed by atoms with Gasteiger partial charge in [0.05, 0.1) is 0 Å². The quantitative estimate of drug-likeness (QED) is 0.748. The topological polar surface area (TPSA) is 85.2 Å². The van der Waals surface area contributed by atoms with E-state index < -0.39 is 6.09 Å². The molecule has 0 radical (unpaired) electrons. The van der Waals surface area contributed by atoms with Gasteiger partial charge in [-0.25, -0.2) is 4.79 Å². The molecule has 1 aromatic heterocycles. The van der Waals surface area contributed by atoms with E-state index in [4.69, 9.17) is 22.1 Å². The monoisotopic (exact) mass is 354 g/mol. The van der Waals surface area contributed by atoms with Crippen LogP contribution in [0.4, 0.5) is 4.79 Å². The van der Waals surface area contributed by atoms with Crippen LogP contribution in [-0.2, 0) is 6.42 Å². The molecule has 5 nitrogen and oxygen atoms in total. The third-order valence-electron chi connectivity index (χ3n) is 3.69. The molecule has 0 atom stereocenters. The van der Waals surface area contributed by atoms with Crippen LogP contribution in [0.1, 0.15) is 11.1 Å². The fraction of sp³-hybridized carbons (Fsp3) is 0.0526. The van der Waals surface area contributed by atoms with Crippen LogP contribution in [0, 0.1) is 0 Å². The molecule has 0 unspecified atom stereocenters. The molecule has 126 valence electrons. The molecule has 0 spiro atoms. The van der Waals surface area contributed by atoms with Gasteiger partial charge in [-0.05, 0) is 47.0 Å². The molecule has 3 N–H and O–H groups in total. The minimum atomic E-state index is -0.859. The Balaban J connectivity index is 1.87. The molecule has 0 saturated carbocycles. The number of primary amides is 1. The zero-order chi connectivity index (χ0) is 17.8. The summed E-state index contributed by atoms with van der Waals surface area (Å²) in [5.41, 5.74) is 8.24. The van der Waals surface area contributed by atoms with Crippen molar-refractivity contribution < 1.29 is 9.53 Å². The second-order valence-electron chi connectivity index (χ2n) is 5.49. The van der Waals surface area contributed by atoms with Gasteiger partial charge < -0.3 is 15.5 Å². The molecule has 0 saturated heterocycles. The number of carbonyl (C=O) groups is 1. The van der Waals surface area contributed by atoms with E-state index in [1.807, 2.05) is 18.2 Å². The predicted octanol–water partition coefficient (Wildman–Crippen LogP) is 3.74. The maximum atomic E-state index is 12.1. The Morgan fingerprint density at radius 1 is 1.04 bits per heavy atom. The molecule has 0 aliphatic carbocycles. The summed E-state index contributed by atoms with van der Waals surface area (Å²) < 4.78 is 4.81. The zero-order valence-corrected chi connectivity index (χ0v) is 13.9. The van der Waals surface area contributed by atoms with Crippen LogP contribution >= 0.6 is 11.6 Å². The molecule has 1 heterocycles. The van der Waals surface area contributed by atoms with Crippen LogP contribution in [0.15, 0.2) is 65.6 Å². The second-order valence-corrected chi connectivity index (χ2v) is 5.93. The Kier molecular flexibility index (Phi) is 4.86. The summed E-state index contributed by atoms with van der Waals surface area (Å²) >= 11 is 5.89. The van der Waals surface area contributed by atoms with Gasteiger partial charge in [0, 0.05) is 23.2 Å². The summed E-state index contributed by atoms with van der Waals surface area (Å²) in [5, 5.41) is 0.657. The lowest BCUT2D eigenvalue weighted by atomic mass is 10.0. The first-order valence-corrected chi connectivity index (χ1v) is 7.93. The molecule has 0 aliphatic heterocycles. The minimum absolute atomic E-state index is 0.132. The van der Waals surface area contributed by atoms with E-state index in [2.05, 4.69) is 4.98 Å². The first-order chi connectivity index (χ1) is 12.0. The number of rotatable bonds is 4. The summed E-state index contributed by atoms with van der Waals surface area (Å²) in [6.07, 6.45) is 1.29. The molecule has 1 amide bonds. The van der Waals surface area contributed by atoms with Crippen molar-refractivity contribution in [3.8, 4) is 16.9 Å². The Labute approximate surface area is 149 Å². The molecular formula is C19H15ClN2O3. The highest BCUT2D eigenvalue weighted by molar-refractivity contribution is 6.30. The first kappa shape index (κ1) is 16.8. The Hall–Kier alpha value is -3.05. The van der Waals surface area contributed by atoms with Crippen molar-refractivity contribution in [2.24, 2.45) is 5.73 Å². The van der Waals surface area contributed by atoms with Crippen molar-refractivity contribution in [3.05, 3.63) is 87.3 Å². The van der Waals surface area contributed by atoms with E-state index in [0.717, 1.165) is 16.7 Å². The van der Waals surface area contributed by atoms with Crippen LogP contribution in [0.3, 0.4) is 0 Å². The normalized spacial score (nSPS) is 10.4. The number of nitrogens with two attached hydrogens (primary N) is 1. The van der Waals surface area contributed by atoms with Gasteiger partial charge in [-0.2, -0.15) is 0 Å². The highest BCUT2D eigenvalue weighted by Gasteiger charge is 2.06. The van der Waals surface area contributed by atoms with E-state index in [-0.39, 0.29) is 5.56 Å². The average Bonchev–Trinajstić information content (AvgIpc) is 2.59. The third-order valence-corrected chi connectivity index (χ3v) is 3.95. The molecular weight excluding hydrogens is 340 g/mol. The van der Waals surface area contributed by atoms with Gasteiger partial charge in [0.15, 0.2) is 0 Å². The average molecular weight is 355 g/mol. The van der Waals surface area contributed by atoms with Crippen LogP contribution < -0.4 is 16.0 Å². The van der Waals surface area contributed by atoms with E-state index in [9.17, 15) is 9.59 Å². The van der Waals surface area contributed by atoms with Gasteiger partial charge in [-0.3, -0.25) is 4.79 Å². The lowest BCUT2D eigenvalue weighted by Crippen LogP contribution is -2.16. The van der Waals surface area contributed by atoms with E-state index in [1.54, 1.807) is 42.6 Å². The van der Waals surface area contributed by atoms with Gasteiger partial charge in [0.1, 0.15) is 5.75 Å². The summed E-state index contributed by atoms with van der Waals surface area (Å²) in [6, 6.07) is 16.1. The Bertz CT molecular complexity index is 948. The highest BCUT2D eigenvalue weighted by atomic mass is 35.5. The standard InChI is InChI=1S/C19H15ClN2O3/c20-16-5-1-12(2-6-16)9-14-10-15(11-22-18(14)23)13-3-7-17(8-4-13)25-19(21)24/h1-8,10-11H,9H2,(H2,21,24)(H,22,23).